The van der Waals surface area contributed by atoms with Gasteiger partial charge in [-0.3, -0.25) is 9.79 Å². The van der Waals surface area contributed by atoms with Crippen LogP contribution in [0.25, 0.3) is 0 Å². The average molecular weight is 425 g/mol. The number of nitrogens with zero attached hydrogens (tertiary/aromatic N) is 2. The third kappa shape index (κ3) is 4.39. The van der Waals surface area contributed by atoms with E-state index in [1.807, 2.05) is 4.90 Å². The van der Waals surface area contributed by atoms with E-state index in [9.17, 15) is 9.90 Å². The van der Waals surface area contributed by atoms with Gasteiger partial charge in [0.25, 0.3) is 0 Å². The van der Waals surface area contributed by atoms with Crippen molar-refractivity contribution in [2.24, 2.45) is 16.8 Å². The van der Waals surface area contributed by atoms with E-state index in [-0.39, 0.29) is 17.7 Å². The Balaban J connectivity index is 1.39. The lowest BCUT2D eigenvalue weighted by Crippen LogP contribution is -2.43. The number of carbonyl (C=O) groups excluding carboxylic acids is 1. The van der Waals surface area contributed by atoms with Gasteiger partial charge in [-0.2, -0.15) is 0 Å². The number of aliphatic hydroxyl groups excluding tert-OH is 1. The summed E-state index contributed by atoms with van der Waals surface area (Å²) in [6.07, 6.45) is 8.58. The predicted molar refractivity (Wildman–Crippen MR) is 122 cm³/mol. The van der Waals surface area contributed by atoms with Gasteiger partial charge in [0.1, 0.15) is 0 Å². The number of likely N-dealkylation sites (tertiary alicyclic amines) is 1. The lowest BCUT2D eigenvalue weighted by Gasteiger charge is -2.36. The molecule has 1 amide bonds. The van der Waals surface area contributed by atoms with Crippen LogP contribution in [0.5, 0.6) is 0 Å². The second-order valence-corrected chi connectivity index (χ2v) is 9.06. The number of aryl methyl sites for hydroxylation is 1. The van der Waals surface area contributed by atoms with Crippen LogP contribution in [0.3, 0.4) is 0 Å². The molecule has 158 valence electrons. The Morgan fingerprint density at radius 3 is 2.67 bits per heavy atom. The molecule has 0 spiro atoms. The molecule has 5 heteroatoms. The highest BCUT2D eigenvalue weighted by Gasteiger charge is 2.34. The first-order valence-corrected chi connectivity index (χ1v) is 11.1. The molecule has 2 aliphatic heterocycles. The Labute approximate surface area is 183 Å². The Morgan fingerprint density at radius 1 is 1.20 bits per heavy atom. The zero-order valence-electron chi connectivity index (χ0n) is 17.6. The molecule has 0 radical (unpaired) electrons. The first kappa shape index (κ1) is 20.9. The highest BCUT2D eigenvalue weighted by atomic mass is 35.5. The van der Waals surface area contributed by atoms with Gasteiger partial charge >= 0.3 is 0 Å². The normalized spacial score (nSPS) is 24.8. The first-order valence-electron chi connectivity index (χ1n) is 10.8. The number of amides is 1. The van der Waals surface area contributed by atoms with Crippen molar-refractivity contribution < 1.29 is 9.90 Å². The van der Waals surface area contributed by atoms with Crippen molar-refractivity contribution in [1.82, 2.24) is 4.90 Å². The molecule has 2 unspecified atom stereocenters. The first-order chi connectivity index (χ1) is 14.4. The van der Waals surface area contributed by atoms with Crippen LogP contribution in [0.2, 0.25) is 0 Å². The molecule has 2 heterocycles. The monoisotopic (exact) mass is 424 g/mol. The minimum atomic E-state index is -0.446. The van der Waals surface area contributed by atoms with Crippen molar-refractivity contribution in [1.29, 1.82) is 0 Å². The maximum absolute atomic E-state index is 13.0. The van der Waals surface area contributed by atoms with Crippen LogP contribution < -0.4 is 0 Å². The number of allylic oxidation sites excluding steroid dienone is 4. The highest BCUT2D eigenvalue weighted by Crippen LogP contribution is 2.35. The molecule has 3 aliphatic rings. The fourth-order valence-corrected chi connectivity index (χ4v) is 5.05. The third-order valence-corrected chi connectivity index (χ3v) is 6.94. The maximum Gasteiger partial charge on any atom is 0.231 e. The van der Waals surface area contributed by atoms with Crippen LogP contribution >= 0.6 is 11.6 Å². The van der Waals surface area contributed by atoms with Gasteiger partial charge in [0, 0.05) is 30.3 Å². The molecule has 1 aromatic carbocycles. The van der Waals surface area contributed by atoms with Crippen molar-refractivity contribution in [2.75, 3.05) is 13.1 Å². The fraction of sp³-hybridized carbons (Fsp3) is 0.440. The van der Waals surface area contributed by atoms with Gasteiger partial charge < -0.3 is 10.0 Å². The van der Waals surface area contributed by atoms with E-state index in [4.69, 9.17) is 16.6 Å². The second kappa shape index (κ2) is 8.81. The number of carbonyl (C=O) groups is 1. The highest BCUT2D eigenvalue weighted by molar-refractivity contribution is 6.31. The summed E-state index contributed by atoms with van der Waals surface area (Å²) in [6.45, 7) is 5.68. The summed E-state index contributed by atoms with van der Waals surface area (Å²) in [4.78, 5) is 19.8. The van der Waals surface area contributed by atoms with Crippen LogP contribution in [0.15, 0.2) is 63.9 Å². The summed E-state index contributed by atoms with van der Waals surface area (Å²) in [5.41, 5.74) is 5.18. The molecule has 30 heavy (non-hydrogen) atoms. The standard InChI is InChI=1S/C25H29ClN2O2/c1-16-5-3-4-6-19(16)14-24-21(13-17(2)27-24)18-9-11-28(12-10-18)25(30)22-15-20(29)7-8-23(22)26/h3-8,13,18,22,24,29H,9-12,14-15H2,1-2H3. The summed E-state index contributed by atoms with van der Waals surface area (Å²) >= 11 is 6.25. The number of halogens is 1. The topological polar surface area (TPSA) is 52.9 Å². The van der Waals surface area contributed by atoms with Gasteiger partial charge in [-0.25, -0.2) is 0 Å². The van der Waals surface area contributed by atoms with Gasteiger partial charge in [-0.05, 0) is 74.0 Å². The number of aliphatic hydroxyl groups is 1. The van der Waals surface area contributed by atoms with Gasteiger partial charge in [0.05, 0.1) is 17.7 Å². The Hall–Kier alpha value is -2.33. The van der Waals surface area contributed by atoms with E-state index in [2.05, 4.69) is 44.2 Å². The van der Waals surface area contributed by atoms with Crippen LogP contribution in [0.1, 0.15) is 37.3 Å². The van der Waals surface area contributed by atoms with Gasteiger partial charge in [-0.15, -0.1) is 0 Å². The van der Waals surface area contributed by atoms with Crippen molar-refractivity contribution in [3.05, 3.63) is 70.0 Å². The van der Waals surface area contributed by atoms with Crippen molar-refractivity contribution in [3.63, 3.8) is 0 Å². The number of piperidine rings is 1. The molecule has 4 nitrogen and oxygen atoms in total. The summed E-state index contributed by atoms with van der Waals surface area (Å²) in [6, 6.07) is 8.74. The van der Waals surface area contributed by atoms with Gasteiger partial charge in [-0.1, -0.05) is 35.9 Å². The fourth-order valence-electron chi connectivity index (χ4n) is 4.82. The number of benzene rings is 1. The van der Waals surface area contributed by atoms with E-state index in [0.717, 1.165) is 38.1 Å². The third-order valence-electron chi connectivity index (χ3n) is 6.55. The number of hydrogen-bond donors (Lipinski definition) is 1. The molecule has 1 fully saturated rings. The lowest BCUT2D eigenvalue weighted by atomic mass is 9.83. The quantitative estimate of drug-likeness (QED) is 0.728. The summed E-state index contributed by atoms with van der Waals surface area (Å²) in [5.74, 6) is 0.252. The summed E-state index contributed by atoms with van der Waals surface area (Å²) < 4.78 is 0. The molecule has 0 aromatic heterocycles. The van der Waals surface area contributed by atoms with Gasteiger partial charge in [0.2, 0.25) is 5.91 Å². The molecule has 0 saturated carbocycles. The minimum absolute atomic E-state index is 0.0265. The Bertz CT molecular complexity index is 952. The molecule has 1 aromatic rings. The van der Waals surface area contributed by atoms with Crippen LogP contribution in [0, 0.1) is 18.8 Å². The van der Waals surface area contributed by atoms with E-state index in [0.29, 0.717) is 17.4 Å². The number of aliphatic imine (C=N–C) groups is 1. The molecule has 1 saturated heterocycles. The predicted octanol–water partition coefficient (Wildman–Crippen LogP) is 5.13. The van der Waals surface area contributed by atoms with Gasteiger partial charge in [0.15, 0.2) is 0 Å². The minimum Gasteiger partial charge on any atom is -0.512 e. The molecule has 1 N–H and O–H groups in total. The van der Waals surface area contributed by atoms with Crippen molar-refractivity contribution >= 4 is 23.2 Å². The zero-order chi connectivity index (χ0) is 21.3. The number of hydrogen-bond acceptors (Lipinski definition) is 3. The van der Waals surface area contributed by atoms with Crippen LogP contribution in [0.4, 0.5) is 0 Å². The van der Waals surface area contributed by atoms with Crippen LogP contribution in [-0.4, -0.2) is 40.8 Å². The zero-order valence-corrected chi connectivity index (χ0v) is 18.4. The lowest BCUT2D eigenvalue weighted by molar-refractivity contribution is -0.135. The molecular weight excluding hydrogens is 396 g/mol. The van der Waals surface area contributed by atoms with Crippen LogP contribution in [-0.2, 0) is 11.2 Å². The molecule has 1 aliphatic carbocycles. The maximum atomic E-state index is 13.0. The average Bonchev–Trinajstić information content (AvgIpc) is 3.11. The van der Waals surface area contributed by atoms with E-state index in [1.165, 1.54) is 16.7 Å². The van der Waals surface area contributed by atoms with Crippen molar-refractivity contribution in [3.8, 4) is 0 Å². The Kier molecular flexibility index (Phi) is 6.14. The number of rotatable bonds is 4. The van der Waals surface area contributed by atoms with E-state index in [1.54, 1.807) is 12.2 Å². The molecule has 2 atom stereocenters. The largest absolute Gasteiger partial charge is 0.512 e. The smallest absolute Gasteiger partial charge is 0.231 e. The molecule has 0 bridgehead atoms. The van der Waals surface area contributed by atoms with Crippen molar-refractivity contribution in [2.45, 2.75) is 45.6 Å². The molecular formula is C25H29ClN2O2. The summed E-state index contributed by atoms with van der Waals surface area (Å²) in [5, 5.41) is 10.3. The summed E-state index contributed by atoms with van der Waals surface area (Å²) in [7, 11) is 0. The molecule has 4 rings (SSSR count). The second-order valence-electron chi connectivity index (χ2n) is 8.63. The van der Waals surface area contributed by atoms with E-state index >= 15 is 0 Å². The Morgan fingerprint density at radius 2 is 1.93 bits per heavy atom. The SMILES string of the molecule is CC1=NC(Cc2ccccc2C)C(C2CCN(C(=O)C3CC(O)=CC=C3Cl)CC2)=C1. The van der Waals surface area contributed by atoms with E-state index < -0.39 is 5.92 Å².